The fourth-order valence-electron chi connectivity index (χ4n) is 3.93. The molecule has 9 nitrogen and oxygen atoms in total. The predicted octanol–water partition coefficient (Wildman–Crippen LogP) is 2.52. The van der Waals surface area contributed by atoms with Crippen LogP contribution in [0.15, 0.2) is 101 Å². The monoisotopic (exact) mass is 497 g/mol. The lowest BCUT2D eigenvalue weighted by Gasteiger charge is -2.25. The lowest BCUT2D eigenvalue weighted by molar-refractivity contribution is -0.118. The maximum absolute atomic E-state index is 13.4. The third-order valence-electron chi connectivity index (χ3n) is 5.81. The van der Waals surface area contributed by atoms with E-state index in [1.807, 2.05) is 60.7 Å². The van der Waals surface area contributed by atoms with E-state index in [0.29, 0.717) is 5.56 Å². The predicted molar refractivity (Wildman–Crippen MR) is 142 cm³/mol. The molecular formula is C28H27N5O4. The minimum absolute atomic E-state index is 0.0549. The van der Waals surface area contributed by atoms with Crippen LogP contribution in [0.2, 0.25) is 0 Å². The van der Waals surface area contributed by atoms with Crippen LogP contribution in [0.3, 0.4) is 0 Å². The quantitative estimate of drug-likeness (QED) is 0.327. The summed E-state index contributed by atoms with van der Waals surface area (Å²) in [6.45, 7) is 0.234. The first-order valence-corrected chi connectivity index (χ1v) is 11.8. The number of nitrogen functional groups attached to an aromatic ring is 1. The molecule has 4 aromatic rings. The molecule has 4 N–H and O–H groups in total. The van der Waals surface area contributed by atoms with Gasteiger partial charge in [0, 0.05) is 18.5 Å². The van der Waals surface area contributed by atoms with Crippen molar-refractivity contribution in [3.8, 4) is 0 Å². The van der Waals surface area contributed by atoms with Crippen molar-refractivity contribution in [2.45, 2.75) is 19.5 Å². The molecule has 4 rings (SSSR count). The molecule has 0 saturated carbocycles. The smallest absolute Gasteiger partial charge is 0.330 e. The van der Waals surface area contributed by atoms with E-state index in [4.69, 9.17) is 5.73 Å². The van der Waals surface area contributed by atoms with Gasteiger partial charge in [0.05, 0.1) is 13.1 Å². The number of carbonyl (C=O) groups excluding carboxylic acids is 2. The van der Waals surface area contributed by atoms with E-state index < -0.39 is 17.2 Å². The molecule has 0 aliphatic rings. The van der Waals surface area contributed by atoms with E-state index in [1.165, 1.54) is 9.47 Å². The van der Waals surface area contributed by atoms with Gasteiger partial charge < -0.3 is 16.0 Å². The number of H-pyrrole nitrogens is 1. The first-order valence-electron chi connectivity index (χ1n) is 11.8. The van der Waals surface area contributed by atoms with Crippen LogP contribution in [0.5, 0.6) is 0 Å². The number of hydrogen-bond acceptors (Lipinski definition) is 5. The summed E-state index contributed by atoms with van der Waals surface area (Å²) >= 11 is 0. The SMILES string of the molecule is Nc1c(N(Cc2ccccc2)C(=O)CCNC(=O)c2ccccc2)c(=O)[nH]c(=O)n1Cc1ccccc1. The Morgan fingerprint density at radius 1 is 0.838 bits per heavy atom. The zero-order chi connectivity index (χ0) is 26.2. The second-order valence-corrected chi connectivity index (χ2v) is 8.40. The fraction of sp³-hybridized carbons (Fsp3) is 0.143. The van der Waals surface area contributed by atoms with Gasteiger partial charge >= 0.3 is 5.69 Å². The van der Waals surface area contributed by atoms with E-state index in [2.05, 4.69) is 10.3 Å². The maximum atomic E-state index is 13.4. The average molecular weight is 498 g/mol. The van der Waals surface area contributed by atoms with Gasteiger partial charge in [0.1, 0.15) is 5.82 Å². The van der Waals surface area contributed by atoms with E-state index in [-0.39, 0.29) is 43.5 Å². The molecule has 0 aliphatic heterocycles. The van der Waals surface area contributed by atoms with Gasteiger partial charge in [0.2, 0.25) is 5.91 Å². The normalized spacial score (nSPS) is 10.6. The molecule has 0 bridgehead atoms. The Bertz CT molecular complexity index is 1480. The van der Waals surface area contributed by atoms with Crippen molar-refractivity contribution in [2.24, 2.45) is 0 Å². The van der Waals surface area contributed by atoms with Crippen molar-refractivity contribution in [1.82, 2.24) is 14.9 Å². The van der Waals surface area contributed by atoms with Crippen molar-refractivity contribution in [3.63, 3.8) is 0 Å². The summed E-state index contributed by atoms with van der Waals surface area (Å²) in [4.78, 5) is 54.9. The van der Waals surface area contributed by atoms with Gasteiger partial charge in [-0.05, 0) is 23.3 Å². The lowest BCUT2D eigenvalue weighted by Crippen LogP contribution is -2.42. The summed E-state index contributed by atoms with van der Waals surface area (Å²) in [5.41, 5.74) is 6.86. The van der Waals surface area contributed by atoms with Crippen molar-refractivity contribution in [1.29, 1.82) is 0 Å². The Balaban J connectivity index is 1.63. The van der Waals surface area contributed by atoms with Gasteiger partial charge in [-0.3, -0.25) is 23.9 Å². The molecule has 1 heterocycles. The van der Waals surface area contributed by atoms with E-state index in [9.17, 15) is 19.2 Å². The van der Waals surface area contributed by atoms with Crippen molar-refractivity contribution < 1.29 is 9.59 Å². The number of nitrogens with one attached hydrogen (secondary N) is 2. The van der Waals surface area contributed by atoms with E-state index in [0.717, 1.165) is 11.1 Å². The number of hydrogen-bond donors (Lipinski definition) is 3. The number of aromatic nitrogens is 2. The summed E-state index contributed by atoms with van der Waals surface area (Å²) in [5, 5.41) is 2.72. The number of carbonyl (C=O) groups is 2. The molecule has 0 unspecified atom stereocenters. The highest BCUT2D eigenvalue weighted by Crippen LogP contribution is 2.21. The number of anilines is 2. The molecule has 1 aromatic heterocycles. The van der Waals surface area contributed by atoms with Crippen LogP contribution >= 0.6 is 0 Å². The molecule has 0 spiro atoms. The fourth-order valence-corrected chi connectivity index (χ4v) is 3.93. The molecule has 37 heavy (non-hydrogen) atoms. The molecule has 188 valence electrons. The lowest BCUT2D eigenvalue weighted by atomic mass is 10.2. The molecule has 3 aromatic carbocycles. The van der Waals surface area contributed by atoms with Crippen LogP contribution in [0.1, 0.15) is 27.9 Å². The Morgan fingerprint density at radius 3 is 2.03 bits per heavy atom. The summed E-state index contributed by atoms with van der Waals surface area (Å²) in [7, 11) is 0. The third-order valence-corrected chi connectivity index (χ3v) is 5.81. The van der Waals surface area contributed by atoms with E-state index in [1.54, 1.807) is 30.3 Å². The Labute approximate surface area is 213 Å². The van der Waals surface area contributed by atoms with Crippen LogP contribution in [0.25, 0.3) is 0 Å². The molecule has 0 saturated heterocycles. The Kier molecular flexibility index (Phi) is 7.95. The standard InChI is InChI=1S/C28H27N5O4/c29-25-24(27(36)31-28(37)33(25)19-21-12-6-2-7-13-21)32(18-20-10-4-1-5-11-20)23(34)16-17-30-26(35)22-14-8-3-9-15-22/h1-15H,16-19,29H2,(H,30,35)(H,31,36,37). The van der Waals surface area contributed by atoms with Gasteiger partial charge in [-0.15, -0.1) is 0 Å². The molecular weight excluding hydrogens is 470 g/mol. The number of nitrogens with two attached hydrogens (primary N) is 1. The molecule has 0 fully saturated rings. The second kappa shape index (κ2) is 11.7. The Hall–Kier alpha value is -4.92. The highest BCUT2D eigenvalue weighted by Gasteiger charge is 2.24. The Morgan fingerprint density at radius 2 is 1.41 bits per heavy atom. The highest BCUT2D eigenvalue weighted by molar-refractivity contribution is 5.97. The number of rotatable bonds is 9. The average Bonchev–Trinajstić information content (AvgIpc) is 2.92. The van der Waals surface area contributed by atoms with Crippen molar-refractivity contribution >= 4 is 23.3 Å². The van der Waals surface area contributed by atoms with Gasteiger partial charge in [-0.25, -0.2) is 4.79 Å². The number of amides is 2. The molecule has 0 atom stereocenters. The number of nitrogens with zero attached hydrogens (tertiary/aromatic N) is 2. The van der Waals surface area contributed by atoms with Crippen LogP contribution in [-0.2, 0) is 17.9 Å². The first kappa shape index (κ1) is 25.2. The van der Waals surface area contributed by atoms with Crippen LogP contribution in [-0.4, -0.2) is 27.9 Å². The highest BCUT2D eigenvalue weighted by atomic mass is 16.2. The van der Waals surface area contributed by atoms with E-state index >= 15 is 0 Å². The largest absolute Gasteiger partial charge is 0.383 e. The molecule has 9 heteroatoms. The zero-order valence-electron chi connectivity index (χ0n) is 20.1. The van der Waals surface area contributed by atoms with Crippen LogP contribution in [0, 0.1) is 0 Å². The summed E-state index contributed by atoms with van der Waals surface area (Å²) in [6, 6.07) is 27.0. The molecule has 2 amide bonds. The van der Waals surface area contributed by atoms with Gasteiger partial charge in [-0.1, -0.05) is 78.9 Å². The summed E-state index contributed by atoms with van der Waals surface area (Å²) in [6.07, 6.45) is -0.0813. The van der Waals surface area contributed by atoms with Gasteiger partial charge in [-0.2, -0.15) is 0 Å². The van der Waals surface area contributed by atoms with Crippen LogP contribution < -0.4 is 27.2 Å². The number of benzene rings is 3. The summed E-state index contributed by atoms with van der Waals surface area (Å²) in [5.74, 6) is -0.855. The van der Waals surface area contributed by atoms with Crippen molar-refractivity contribution in [3.05, 3.63) is 129 Å². The minimum atomic E-state index is -0.760. The van der Waals surface area contributed by atoms with Crippen LogP contribution in [0.4, 0.5) is 11.5 Å². The van der Waals surface area contributed by atoms with Gasteiger partial charge in [0.15, 0.2) is 5.69 Å². The zero-order valence-corrected chi connectivity index (χ0v) is 20.1. The number of aromatic amines is 1. The molecule has 0 aliphatic carbocycles. The third kappa shape index (κ3) is 6.21. The minimum Gasteiger partial charge on any atom is -0.383 e. The summed E-state index contributed by atoms with van der Waals surface area (Å²) < 4.78 is 1.23. The topological polar surface area (TPSA) is 130 Å². The second-order valence-electron chi connectivity index (χ2n) is 8.40. The maximum Gasteiger partial charge on any atom is 0.330 e. The molecule has 0 radical (unpaired) electrons. The van der Waals surface area contributed by atoms with Gasteiger partial charge in [0.25, 0.3) is 11.5 Å². The van der Waals surface area contributed by atoms with Crippen molar-refractivity contribution in [2.75, 3.05) is 17.2 Å². The first-order chi connectivity index (χ1) is 17.9.